The Hall–Kier alpha value is -1.59. The molecule has 2 N–H and O–H groups in total. The summed E-state index contributed by atoms with van der Waals surface area (Å²) >= 11 is 0. The van der Waals surface area contributed by atoms with Gasteiger partial charge in [0.2, 0.25) is 0 Å². The summed E-state index contributed by atoms with van der Waals surface area (Å²) in [6.45, 7) is 1.79. The van der Waals surface area contributed by atoms with Crippen molar-refractivity contribution in [2.45, 2.75) is 12.5 Å². The first-order chi connectivity index (χ1) is 9.52. The highest BCUT2D eigenvalue weighted by atomic mass is 16.1. The van der Waals surface area contributed by atoms with E-state index in [4.69, 9.17) is 5.73 Å². The third-order valence-electron chi connectivity index (χ3n) is 4.65. The molecule has 5 nitrogen and oxygen atoms in total. The molecule has 1 saturated heterocycles. The van der Waals surface area contributed by atoms with Gasteiger partial charge in [0.25, 0.3) is 0 Å². The summed E-state index contributed by atoms with van der Waals surface area (Å²) in [5.41, 5.74) is 9.08. The molecule has 0 amide bonds. The second kappa shape index (κ2) is 4.75. The SMILES string of the molecule is CN1CC(CN)CC1c1ccc2c(c1)n(C)c(=O)n2C. The summed E-state index contributed by atoms with van der Waals surface area (Å²) < 4.78 is 3.41. The van der Waals surface area contributed by atoms with Crippen LogP contribution in [0.2, 0.25) is 0 Å². The van der Waals surface area contributed by atoms with E-state index in [-0.39, 0.29) is 5.69 Å². The first-order valence-electron chi connectivity index (χ1n) is 7.08. The number of imidazole rings is 1. The average Bonchev–Trinajstić information content (AvgIpc) is 2.93. The van der Waals surface area contributed by atoms with Gasteiger partial charge >= 0.3 is 5.69 Å². The lowest BCUT2D eigenvalue weighted by Gasteiger charge is -2.19. The van der Waals surface area contributed by atoms with Crippen molar-refractivity contribution in [3.8, 4) is 0 Å². The summed E-state index contributed by atoms with van der Waals surface area (Å²) in [5, 5.41) is 0. The lowest BCUT2D eigenvalue weighted by Crippen LogP contribution is -2.20. The molecule has 0 aliphatic carbocycles. The molecule has 2 unspecified atom stereocenters. The van der Waals surface area contributed by atoms with Crippen molar-refractivity contribution < 1.29 is 0 Å². The van der Waals surface area contributed by atoms with Gasteiger partial charge in [0, 0.05) is 26.7 Å². The van der Waals surface area contributed by atoms with Crippen molar-refractivity contribution in [3.63, 3.8) is 0 Å². The zero-order valence-electron chi connectivity index (χ0n) is 12.3. The number of aromatic nitrogens is 2. The van der Waals surface area contributed by atoms with Crippen LogP contribution in [0.4, 0.5) is 0 Å². The highest BCUT2D eigenvalue weighted by Crippen LogP contribution is 2.34. The maximum Gasteiger partial charge on any atom is 0.328 e. The van der Waals surface area contributed by atoms with Crippen LogP contribution in [0.5, 0.6) is 0 Å². The Labute approximate surface area is 118 Å². The Morgan fingerprint density at radius 3 is 2.55 bits per heavy atom. The monoisotopic (exact) mass is 274 g/mol. The number of rotatable bonds is 2. The van der Waals surface area contributed by atoms with Crippen LogP contribution < -0.4 is 11.4 Å². The number of hydrogen-bond acceptors (Lipinski definition) is 3. The standard InChI is InChI=1S/C15H22N4O/c1-17-9-10(8-16)6-13(17)11-4-5-12-14(7-11)19(3)15(20)18(12)2/h4-5,7,10,13H,6,8-9,16H2,1-3H3. The normalized spacial score (nSPS) is 23.8. The quantitative estimate of drug-likeness (QED) is 0.882. The second-order valence-electron chi connectivity index (χ2n) is 5.94. The largest absolute Gasteiger partial charge is 0.330 e. The maximum absolute atomic E-state index is 12.0. The van der Waals surface area contributed by atoms with E-state index in [9.17, 15) is 4.79 Å². The Kier molecular flexibility index (Phi) is 3.18. The topological polar surface area (TPSA) is 56.2 Å². The highest BCUT2D eigenvalue weighted by molar-refractivity contribution is 5.77. The van der Waals surface area contributed by atoms with Crippen LogP contribution in [0.3, 0.4) is 0 Å². The molecule has 2 aromatic rings. The van der Waals surface area contributed by atoms with Crippen LogP contribution in [0.1, 0.15) is 18.0 Å². The third kappa shape index (κ3) is 1.89. The van der Waals surface area contributed by atoms with Gasteiger partial charge in [-0.3, -0.25) is 14.0 Å². The van der Waals surface area contributed by atoms with Crippen molar-refractivity contribution in [1.82, 2.24) is 14.0 Å². The van der Waals surface area contributed by atoms with Gasteiger partial charge in [-0.05, 0) is 43.6 Å². The van der Waals surface area contributed by atoms with Gasteiger partial charge < -0.3 is 5.73 Å². The molecule has 20 heavy (non-hydrogen) atoms. The van der Waals surface area contributed by atoms with Gasteiger partial charge in [-0.1, -0.05) is 6.07 Å². The molecule has 2 heterocycles. The molecule has 0 bridgehead atoms. The van der Waals surface area contributed by atoms with Gasteiger partial charge in [-0.2, -0.15) is 0 Å². The van der Waals surface area contributed by atoms with Gasteiger partial charge in [0.1, 0.15) is 0 Å². The van der Waals surface area contributed by atoms with E-state index in [1.165, 1.54) is 5.56 Å². The zero-order chi connectivity index (χ0) is 14.4. The third-order valence-corrected chi connectivity index (χ3v) is 4.65. The minimum absolute atomic E-state index is 0.0248. The molecule has 2 atom stereocenters. The smallest absolute Gasteiger partial charge is 0.328 e. The number of aryl methyl sites for hydroxylation is 2. The number of fused-ring (bicyclic) bond motifs is 1. The number of likely N-dealkylation sites (tertiary alicyclic amines) is 1. The molecule has 108 valence electrons. The molecule has 1 fully saturated rings. The lowest BCUT2D eigenvalue weighted by atomic mass is 9.99. The highest BCUT2D eigenvalue weighted by Gasteiger charge is 2.29. The zero-order valence-corrected chi connectivity index (χ0v) is 12.3. The Bertz CT molecular complexity index is 700. The molecule has 5 heteroatoms. The van der Waals surface area contributed by atoms with Crippen LogP contribution in [0.25, 0.3) is 11.0 Å². The van der Waals surface area contributed by atoms with Gasteiger partial charge in [0.05, 0.1) is 11.0 Å². The van der Waals surface area contributed by atoms with E-state index in [1.807, 2.05) is 14.1 Å². The molecular formula is C15H22N4O. The fourth-order valence-electron chi connectivity index (χ4n) is 3.40. The van der Waals surface area contributed by atoms with Crippen LogP contribution >= 0.6 is 0 Å². The number of hydrogen-bond donors (Lipinski definition) is 1. The van der Waals surface area contributed by atoms with Crippen molar-refractivity contribution in [3.05, 3.63) is 34.2 Å². The summed E-state index contributed by atoms with van der Waals surface area (Å²) in [5.74, 6) is 0.570. The maximum atomic E-state index is 12.0. The van der Waals surface area contributed by atoms with E-state index in [0.29, 0.717) is 12.0 Å². The average molecular weight is 274 g/mol. The van der Waals surface area contributed by atoms with Crippen molar-refractivity contribution in [1.29, 1.82) is 0 Å². The van der Waals surface area contributed by atoms with E-state index in [2.05, 4.69) is 30.1 Å². The van der Waals surface area contributed by atoms with Crippen LogP contribution in [-0.2, 0) is 14.1 Å². The van der Waals surface area contributed by atoms with E-state index < -0.39 is 0 Å². The molecule has 1 aliphatic heterocycles. The minimum atomic E-state index is 0.0248. The molecule has 1 aromatic carbocycles. The molecule has 3 rings (SSSR count). The second-order valence-corrected chi connectivity index (χ2v) is 5.94. The van der Waals surface area contributed by atoms with Crippen LogP contribution in [0, 0.1) is 5.92 Å². The Morgan fingerprint density at radius 2 is 1.90 bits per heavy atom. The van der Waals surface area contributed by atoms with E-state index in [0.717, 1.165) is 30.5 Å². The molecule has 1 aromatic heterocycles. The fraction of sp³-hybridized carbons (Fsp3) is 0.533. The van der Waals surface area contributed by atoms with E-state index >= 15 is 0 Å². The number of nitrogens with zero attached hydrogens (tertiary/aromatic N) is 3. The summed E-state index contributed by atoms with van der Waals surface area (Å²) in [6.07, 6.45) is 1.10. The first-order valence-corrected chi connectivity index (χ1v) is 7.08. The van der Waals surface area contributed by atoms with Crippen LogP contribution in [-0.4, -0.2) is 34.2 Å². The lowest BCUT2D eigenvalue weighted by molar-refractivity contribution is 0.314. The molecule has 0 radical (unpaired) electrons. The molecule has 0 spiro atoms. The molecule has 1 aliphatic rings. The van der Waals surface area contributed by atoms with Gasteiger partial charge in [-0.15, -0.1) is 0 Å². The van der Waals surface area contributed by atoms with Crippen molar-refractivity contribution >= 4 is 11.0 Å². The minimum Gasteiger partial charge on any atom is -0.330 e. The van der Waals surface area contributed by atoms with Gasteiger partial charge in [0.15, 0.2) is 0 Å². The predicted octanol–water partition coefficient (Wildman–Crippen LogP) is 0.829. The fourth-order valence-corrected chi connectivity index (χ4v) is 3.40. The summed E-state index contributed by atoms with van der Waals surface area (Å²) in [7, 11) is 5.79. The summed E-state index contributed by atoms with van der Waals surface area (Å²) in [6, 6.07) is 6.75. The first kappa shape index (κ1) is 13.4. The summed E-state index contributed by atoms with van der Waals surface area (Å²) in [4.78, 5) is 14.3. The van der Waals surface area contributed by atoms with E-state index in [1.54, 1.807) is 9.13 Å². The van der Waals surface area contributed by atoms with Crippen molar-refractivity contribution in [2.24, 2.45) is 25.7 Å². The Balaban J connectivity index is 2.06. The molecular weight excluding hydrogens is 252 g/mol. The number of nitrogens with two attached hydrogens (primary N) is 1. The number of benzene rings is 1. The van der Waals surface area contributed by atoms with Gasteiger partial charge in [-0.25, -0.2) is 4.79 Å². The molecule has 0 saturated carbocycles. The predicted molar refractivity (Wildman–Crippen MR) is 80.7 cm³/mol. The Morgan fingerprint density at radius 1 is 1.20 bits per heavy atom. The van der Waals surface area contributed by atoms with Crippen molar-refractivity contribution in [2.75, 3.05) is 20.1 Å². The van der Waals surface area contributed by atoms with Crippen LogP contribution in [0.15, 0.2) is 23.0 Å².